The first-order chi connectivity index (χ1) is 10.0. The lowest BCUT2D eigenvalue weighted by atomic mass is 10.1. The van der Waals surface area contributed by atoms with Crippen LogP contribution in [0.15, 0.2) is 35.3 Å². The van der Waals surface area contributed by atoms with Gasteiger partial charge in [-0.15, -0.1) is 0 Å². The first-order valence-corrected chi connectivity index (χ1v) is 6.41. The lowest BCUT2D eigenvalue weighted by Gasteiger charge is -2.10. The van der Waals surface area contributed by atoms with E-state index >= 15 is 0 Å². The van der Waals surface area contributed by atoms with E-state index in [0.717, 1.165) is 5.56 Å². The maximum Gasteiger partial charge on any atom is 0.257 e. The molecule has 4 N–H and O–H groups in total. The molecule has 0 unspecified atom stereocenters. The highest BCUT2D eigenvalue weighted by Gasteiger charge is 2.11. The number of hydrogen-bond donors (Lipinski definition) is 3. The van der Waals surface area contributed by atoms with Crippen molar-refractivity contribution in [1.29, 1.82) is 0 Å². The molecule has 0 spiro atoms. The molecule has 0 radical (unpaired) electrons. The van der Waals surface area contributed by atoms with Crippen molar-refractivity contribution < 1.29 is 9.53 Å². The number of nitrogens with one attached hydrogen (secondary N) is 2. The number of ether oxygens (including phenoxy) is 1. The molecule has 21 heavy (non-hydrogen) atoms. The van der Waals surface area contributed by atoms with E-state index in [1.54, 1.807) is 32.2 Å². The van der Waals surface area contributed by atoms with Gasteiger partial charge in [0.2, 0.25) is 0 Å². The number of nitrogen functional groups attached to an aromatic ring is 1. The molecule has 0 aliphatic heterocycles. The number of nitrogens with two attached hydrogens (primary N) is 1. The van der Waals surface area contributed by atoms with Crippen LogP contribution in [0.4, 0.5) is 5.69 Å². The van der Waals surface area contributed by atoms with Gasteiger partial charge in [-0.05, 0) is 25.1 Å². The van der Waals surface area contributed by atoms with Crippen LogP contribution in [-0.4, -0.2) is 18.0 Å². The van der Waals surface area contributed by atoms with Gasteiger partial charge >= 0.3 is 0 Å². The van der Waals surface area contributed by atoms with E-state index in [4.69, 9.17) is 10.5 Å². The Hall–Kier alpha value is -2.76. The number of aryl methyl sites for hydroxylation is 1. The van der Waals surface area contributed by atoms with Crippen molar-refractivity contribution in [2.45, 2.75) is 13.5 Å². The Labute approximate surface area is 121 Å². The number of benzene rings is 1. The van der Waals surface area contributed by atoms with E-state index in [0.29, 0.717) is 17.1 Å². The smallest absolute Gasteiger partial charge is 0.257 e. The minimum absolute atomic E-state index is 0.0727. The van der Waals surface area contributed by atoms with Gasteiger partial charge in [-0.2, -0.15) is 0 Å². The zero-order valence-corrected chi connectivity index (χ0v) is 11.9. The van der Waals surface area contributed by atoms with Crippen LogP contribution >= 0.6 is 0 Å². The Bertz CT molecular complexity index is 722. The van der Waals surface area contributed by atoms with Gasteiger partial charge in [-0.1, -0.05) is 0 Å². The summed E-state index contributed by atoms with van der Waals surface area (Å²) in [7, 11) is 1.54. The molecule has 1 aromatic heterocycles. The van der Waals surface area contributed by atoms with E-state index < -0.39 is 5.91 Å². The summed E-state index contributed by atoms with van der Waals surface area (Å²) in [5.41, 5.74) is 7.50. The Balaban J connectivity index is 2.14. The summed E-state index contributed by atoms with van der Waals surface area (Å²) < 4.78 is 5.20. The summed E-state index contributed by atoms with van der Waals surface area (Å²) in [5, 5.41) is 2.68. The Morgan fingerprint density at radius 2 is 2.14 bits per heavy atom. The average Bonchev–Trinajstić information content (AvgIpc) is 2.45. The average molecular weight is 287 g/mol. The van der Waals surface area contributed by atoms with Crippen LogP contribution in [0.3, 0.4) is 0 Å². The highest BCUT2D eigenvalue weighted by atomic mass is 16.5. The molecule has 2 rings (SSSR count). The van der Waals surface area contributed by atoms with E-state index in [9.17, 15) is 9.59 Å². The summed E-state index contributed by atoms with van der Waals surface area (Å²) in [5.74, 6) is 0.183. The van der Waals surface area contributed by atoms with Crippen molar-refractivity contribution in [1.82, 2.24) is 10.3 Å². The predicted octanol–water partition coefficient (Wildman–Crippen LogP) is 1.20. The molecule has 0 aliphatic rings. The number of carbonyl (C=O) groups is 1. The van der Waals surface area contributed by atoms with Gasteiger partial charge in [0.05, 0.1) is 7.11 Å². The fraction of sp³-hybridized carbons (Fsp3) is 0.200. The summed E-state index contributed by atoms with van der Waals surface area (Å²) in [4.78, 5) is 26.6. The van der Waals surface area contributed by atoms with Gasteiger partial charge in [0.15, 0.2) is 5.43 Å². The van der Waals surface area contributed by atoms with Crippen molar-refractivity contribution in [2.75, 3.05) is 12.8 Å². The molecule has 0 fully saturated rings. The second-order valence-electron chi connectivity index (χ2n) is 4.65. The molecular formula is C15H17N3O3. The summed E-state index contributed by atoms with van der Waals surface area (Å²) in [6.07, 6.45) is 1.41. The Morgan fingerprint density at radius 3 is 2.81 bits per heavy atom. The number of aromatic nitrogens is 1. The van der Waals surface area contributed by atoms with Gasteiger partial charge in [0.1, 0.15) is 11.3 Å². The maximum absolute atomic E-state index is 12.0. The Kier molecular flexibility index (Phi) is 4.27. The van der Waals surface area contributed by atoms with Crippen LogP contribution in [0.1, 0.15) is 21.6 Å². The monoisotopic (exact) mass is 287 g/mol. The van der Waals surface area contributed by atoms with E-state index in [1.807, 2.05) is 0 Å². The van der Waals surface area contributed by atoms with Crippen molar-refractivity contribution in [3.05, 3.63) is 57.5 Å². The second kappa shape index (κ2) is 6.13. The van der Waals surface area contributed by atoms with Crippen molar-refractivity contribution in [3.8, 4) is 5.75 Å². The van der Waals surface area contributed by atoms with Gasteiger partial charge in [0.25, 0.3) is 5.91 Å². The summed E-state index contributed by atoms with van der Waals surface area (Å²) in [6.45, 7) is 1.97. The molecule has 1 heterocycles. The lowest BCUT2D eigenvalue weighted by Crippen LogP contribution is -2.28. The van der Waals surface area contributed by atoms with E-state index in [1.165, 1.54) is 12.3 Å². The fourth-order valence-electron chi connectivity index (χ4n) is 1.96. The molecule has 0 saturated carbocycles. The zero-order chi connectivity index (χ0) is 15.4. The number of pyridine rings is 1. The fourth-order valence-corrected chi connectivity index (χ4v) is 1.96. The molecule has 6 nitrogen and oxygen atoms in total. The molecule has 6 heteroatoms. The van der Waals surface area contributed by atoms with Gasteiger partial charge in [0, 0.05) is 35.8 Å². The second-order valence-corrected chi connectivity index (χ2v) is 4.65. The summed E-state index contributed by atoms with van der Waals surface area (Å²) >= 11 is 0. The first-order valence-electron chi connectivity index (χ1n) is 6.41. The standard InChI is InChI=1S/C15H17N3O3/c1-9-5-13(19)12(8-17-9)15(20)18-7-10-6-11(16)3-4-14(10)21-2/h3-6,8H,7,16H2,1-2H3,(H,17,19)(H,18,20). The van der Waals surface area contributed by atoms with Crippen molar-refractivity contribution in [3.63, 3.8) is 0 Å². The number of anilines is 1. The molecule has 0 atom stereocenters. The third-order valence-electron chi connectivity index (χ3n) is 3.05. The topological polar surface area (TPSA) is 97.2 Å². The van der Waals surface area contributed by atoms with E-state index in [2.05, 4.69) is 10.3 Å². The summed E-state index contributed by atoms with van der Waals surface area (Å²) in [6, 6.07) is 6.55. The number of amides is 1. The number of methoxy groups -OCH3 is 1. The largest absolute Gasteiger partial charge is 0.496 e. The number of hydrogen-bond acceptors (Lipinski definition) is 4. The van der Waals surface area contributed by atoms with Crippen LogP contribution in [-0.2, 0) is 6.54 Å². The molecule has 0 saturated heterocycles. The number of carbonyl (C=O) groups excluding carboxylic acids is 1. The van der Waals surface area contributed by atoms with Crippen molar-refractivity contribution in [2.24, 2.45) is 0 Å². The highest BCUT2D eigenvalue weighted by Crippen LogP contribution is 2.20. The normalized spacial score (nSPS) is 10.2. The molecule has 0 aliphatic carbocycles. The van der Waals surface area contributed by atoms with Crippen LogP contribution in [0, 0.1) is 6.92 Å². The molecule has 2 aromatic rings. The van der Waals surface area contributed by atoms with Crippen LogP contribution in [0.2, 0.25) is 0 Å². The molecular weight excluding hydrogens is 270 g/mol. The third-order valence-corrected chi connectivity index (χ3v) is 3.05. The van der Waals surface area contributed by atoms with E-state index in [-0.39, 0.29) is 17.5 Å². The lowest BCUT2D eigenvalue weighted by molar-refractivity contribution is 0.0949. The maximum atomic E-state index is 12.0. The number of H-pyrrole nitrogens is 1. The van der Waals surface area contributed by atoms with Crippen molar-refractivity contribution >= 4 is 11.6 Å². The minimum Gasteiger partial charge on any atom is -0.496 e. The number of rotatable bonds is 4. The molecule has 0 bridgehead atoms. The Morgan fingerprint density at radius 1 is 1.38 bits per heavy atom. The van der Waals surface area contributed by atoms with Crippen LogP contribution in [0.5, 0.6) is 5.75 Å². The minimum atomic E-state index is -0.444. The van der Waals surface area contributed by atoms with Crippen LogP contribution < -0.4 is 21.2 Å². The zero-order valence-electron chi connectivity index (χ0n) is 11.9. The van der Waals surface area contributed by atoms with Gasteiger partial charge in [-0.25, -0.2) is 0 Å². The molecule has 1 amide bonds. The third kappa shape index (κ3) is 3.42. The van der Waals surface area contributed by atoms with Crippen LogP contribution in [0.25, 0.3) is 0 Å². The highest BCUT2D eigenvalue weighted by molar-refractivity contribution is 5.93. The predicted molar refractivity (Wildman–Crippen MR) is 80.4 cm³/mol. The molecule has 110 valence electrons. The first kappa shape index (κ1) is 14.6. The quantitative estimate of drug-likeness (QED) is 0.736. The number of aromatic amines is 1. The van der Waals surface area contributed by atoms with Gasteiger partial charge < -0.3 is 20.8 Å². The molecule has 1 aromatic carbocycles. The SMILES string of the molecule is COc1ccc(N)cc1CNC(=O)c1c[nH]c(C)cc1=O. The van der Waals surface area contributed by atoms with Gasteiger partial charge in [-0.3, -0.25) is 9.59 Å².